The molecule has 0 N–H and O–H groups in total. The van der Waals surface area contributed by atoms with Crippen LogP contribution in [0.1, 0.15) is 89.2 Å². The summed E-state index contributed by atoms with van der Waals surface area (Å²) in [5, 5.41) is 0.880. The summed E-state index contributed by atoms with van der Waals surface area (Å²) >= 11 is 3.54. The Labute approximate surface area is 174 Å². The zero-order valence-corrected chi connectivity index (χ0v) is 19.0. The van der Waals surface area contributed by atoms with Crippen molar-refractivity contribution >= 4 is 21.7 Å². The number of benzene rings is 1. The van der Waals surface area contributed by atoms with Crippen molar-refractivity contribution in [1.82, 2.24) is 0 Å². The maximum Gasteiger partial charge on any atom is 0.140 e. The zero-order valence-electron chi connectivity index (χ0n) is 17.4. The van der Waals surface area contributed by atoms with E-state index in [1.807, 2.05) is 0 Å². The molecule has 0 amide bonds. The SMILES string of the molecule is CC(C)[C@@H]1CC[C@@H](C)C[C@H]1CC(=O)[C@H](c1ccc(CBr)cc1)C1CCCC1. The van der Waals surface area contributed by atoms with Gasteiger partial charge in [-0.3, -0.25) is 4.79 Å². The van der Waals surface area contributed by atoms with Crippen molar-refractivity contribution in [2.75, 3.05) is 0 Å². The summed E-state index contributed by atoms with van der Waals surface area (Å²) in [4.78, 5) is 13.6. The summed E-state index contributed by atoms with van der Waals surface area (Å²) in [6, 6.07) is 8.83. The molecule has 1 aromatic rings. The predicted molar refractivity (Wildman–Crippen MR) is 118 cm³/mol. The number of hydrogen-bond donors (Lipinski definition) is 0. The van der Waals surface area contributed by atoms with Crippen LogP contribution in [0, 0.1) is 29.6 Å². The second kappa shape index (κ2) is 9.72. The van der Waals surface area contributed by atoms with E-state index in [0.717, 1.165) is 23.6 Å². The van der Waals surface area contributed by atoms with E-state index in [0.29, 0.717) is 23.5 Å². The monoisotopic (exact) mass is 432 g/mol. The molecule has 0 bridgehead atoms. The average Bonchev–Trinajstić information content (AvgIpc) is 3.16. The van der Waals surface area contributed by atoms with Crippen molar-refractivity contribution in [3.8, 4) is 0 Å². The molecule has 0 radical (unpaired) electrons. The van der Waals surface area contributed by atoms with Crippen LogP contribution in [0.5, 0.6) is 0 Å². The summed E-state index contributed by atoms with van der Waals surface area (Å²) in [5.74, 6) is 4.00. The van der Waals surface area contributed by atoms with Crippen molar-refractivity contribution in [3.63, 3.8) is 0 Å². The molecule has 2 aliphatic carbocycles. The van der Waals surface area contributed by atoms with E-state index in [-0.39, 0.29) is 5.92 Å². The van der Waals surface area contributed by atoms with E-state index >= 15 is 0 Å². The highest BCUT2D eigenvalue weighted by atomic mass is 79.9. The number of ketones is 1. The number of Topliss-reactive ketones (excluding diaryl/α,β-unsaturated/α-hetero) is 1. The Morgan fingerprint density at radius 2 is 1.74 bits per heavy atom. The second-order valence-corrected chi connectivity index (χ2v) is 10.2. The van der Waals surface area contributed by atoms with Crippen molar-refractivity contribution in [3.05, 3.63) is 35.4 Å². The number of carbonyl (C=O) groups excluding carboxylic acids is 1. The minimum atomic E-state index is 0.127. The van der Waals surface area contributed by atoms with E-state index < -0.39 is 0 Å². The van der Waals surface area contributed by atoms with E-state index in [1.165, 1.54) is 56.1 Å². The molecular weight excluding hydrogens is 396 g/mol. The minimum absolute atomic E-state index is 0.127. The zero-order chi connectivity index (χ0) is 19.4. The van der Waals surface area contributed by atoms with Gasteiger partial charge in [-0.05, 0) is 66.4 Å². The molecule has 0 unspecified atom stereocenters. The first-order valence-electron chi connectivity index (χ1n) is 11.2. The van der Waals surface area contributed by atoms with E-state index in [9.17, 15) is 4.79 Å². The Kier molecular flexibility index (Phi) is 7.59. The first kappa shape index (κ1) is 21.1. The van der Waals surface area contributed by atoms with Gasteiger partial charge in [0, 0.05) is 17.7 Å². The van der Waals surface area contributed by atoms with Crippen LogP contribution in [-0.4, -0.2) is 5.78 Å². The lowest BCUT2D eigenvalue weighted by Gasteiger charge is -2.38. The molecule has 0 heterocycles. The van der Waals surface area contributed by atoms with E-state index in [1.54, 1.807) is 0 Å². The molecular formula is C25H37BrO. The van der Waals surface area contributed by atoms with Gasteiger partial charge in [-0.15, -0.1) is 0 Å². The summed E-state index contributed by atoms with van der Waals surface area (Å²) in [7, 11) is 0. The summed E-state index contributed by atoms with van der Waals surface area (Å²) < 4.78 is 0. The fraction of sp³-hybridized carbons (Fsp3) is 0.720. The lowest BCUT2D eigenvalue weighted by Crippen LogP contribution is -2.31. The van der Waals surface area contributed by atoms with Gasteiger partial charge >= 0.3 is 0 Å². The maximum atomic E-state index is 13.6. The predicted octanol–water partition coefficient (Wildman–Crippen LogP) is 7.52. The first-order valence-corrected chi connectivity index (χ1v) is 12.3. The summed E-state index contributed by atoms with van der Waals surface area (Å²) in [5.41, 5.74) is 2.55. The van der Waals surface area contributed by atoms with Crippen molar-refractivity contribution in [1.29, 1.82) is 0 Å². The third-order valence-corrected chi connectivity index (χ3v) is 7.98. The number of hydrogen-bond acceptors (Lipinski definition) is 1. The normalized spacial score (nSPS) is 27.8. The van der Waals surface area contributed by atoms with E-state index in [4.69, 9.17) is 0 Å². The standard InChI is InChI=1S/C25H37BrO/c1-17(2)23-13-8-18(3)14-22(23)15-24(27)25(20-6-4-5-7-20)21-11-9-19(16-26)10-12-21/h9-12,17-18,20,22-23,25H,4-8,13-16H2,1-3H3/t18-,22+,23+,25+/m1/s1. The third-order valence-electron chi connectivity index (χ3n) is 7.33. The number of carbonyl (C=O) groups is 1. The highest BCUT2D eigenvalue weighted by Crippen LogP contribution is 2.43. The number of rotatable bonds is 7. The molecule has 0 aliphatic heterocycles. The van der Waals surface area contributed by atoms with Crippen molar-refractivity contribution in [2.24, 2.45) is 29.6 Å². The summed E-state index contributed by atoms with van der Waals surface area (Å²) in [6.07, 6.45) is 9.74. The topological polar surface area (TPSA) is 17.1 Å². The van der Waals surface area contributed by atoms with Crippen LogP contribution in [0.2, 0.25) is 0 Å². The van der Waals surface area contributed by atoms with Gasteiger partial charge in [0.2, 0.25) is 0 Å². The maximum absolute atomic E-state index is 13.6. The Morgan fingerprint density at radius 1 is 1.07 bits per heavy atom. The number of alkyl halides is 1. The van der Waals surface area contributed by atoms with Crippen LogP contribution in [0.3, 0.4) is 0 Å². The van der Waals surface area contributed by atoms with Gasteiger partial charge in [0.05, 0.1) is 0 Å². The minimum Gasteiger partial charge on any atom is -0.299 e. The van der Waals surface area contributed by atoms with Crippen molar-refractivity contribution in [2.45, 2.75) is 83.4 Å². The third kappa shape index (κ3) is 5.25. The van der Waals surface area contributed by atoms with Crippen LogP contribution in [0.15, 0.2) is 24.3 Å². The Morgan fingerprint density at radius 3 is 2.33 bits per heavy atom. The van der Waals surface area contributed by atoms with Gasteiger partial charge in [-0.25, -0.2) is 0 Å². The van der Waals surface area contributed by atoms with Crippen LogP contribution in [-0.2, 0) is 10.1 Å². The molecule has 150 valence electrons. The number of halogens is 1. The molecule has 0 saturated heterocycles. The van der Waals surface area contributed by atoms with Gasteiger partial charge in [-0.1, -0.05) is 80.2 Å². The molecule has 0 aromatic heterocycles. The van der Waals surface area contributed by atoms with E-state index in [2.05, 4.69) is 61.0 Å². The van der Waals surface area contributed by atoms with Crippen LogP contribution < -0.4 is 0 Å². The average molecular weight is 433 g/mol. The molecule has 2 aliphatic rings. The highest BCUT2D eigenvalue weighted by molar-refractivity contribution is 9.08. The molecule has 1 nitrogen and oxygen atoms in total. The highest BCUT2D eigenvalue weighted by Gasteiger charge is 2.37. The van der Waals surface area contributed by atoms with Gasteiger partial charge in [0.15, 0.2) is 0 Å². The molecule has 0 spiro atoms. The smallest absolute Gasteiger partial charge is 0.140 e. The van der Waals surface area contributed by atoms with Crippen LogP contribution in [0.4, 0.5) is 0 Å². The second-order valence-electron chi connectivity index (χ2n) is 9.65. The lowest BCUT2D eigenvalue weighted by molar-refractivity contribution is -0.123. The summed E-state index contributed by atoms with van der Waals surface area (Å²) in [6.45, 7) is 7.08. The molecule has 1 aromatic carbocycles. The van der Waals surface area contributed by atoms with Gasteiger partial charge < -0.3 is 0 Å². The molecule has 2 heteroatoms. The Bertz CT molecular complexity index is 599. The van der Waals surface area contributed by atoms with Gasteiger partial charge in [0.25, 0.3) is 0 Å². The molecule has 2 fully saturated rings. The molecule has 4 atom stereocenters. The quantitative estimate of drug-likeness (QED) is 0.406. The van der Waals surface area contributed by atoms with Crippen molar-refractivity contribution < 1.29 is 4.79 Å². The lowest BCUT2D eigenvalue weighted by atomic mass is 9.67. The van der Waals surface area contributed by atoms with Crippen LogP contribution in [0.25, 0.3) is 0 Å². The van der Waals surface area contributed by atoms with Crippen LogP contribution >= 0.6 is 15.9 Å². The fourth-order valence-electron chi connectivity index (χ4n) is 5.85. The first-order chi connectivity index (χ1) is 13.0. The fourth-order valence-corrected chi connectivity index (χ4v) is 6.22. The van der Waals surface area contributed by atoms with Gasteiger partial charge in [-0.2, -0.15) is 0 Å². The Balaban J connectivity index is 1.79. The molecule has 3 rings (SSSR count). The molecule has 2 saturated carbocycles. The molecule has 27 heavy (non-hydrogen) atoms. The Hall–Kier alpha value is -0.630. The largest absolute Gasteiger partial charge is 0.299 e. The van der Waals surface area contributed by atoms with Gasteiger partial charge in [0.1, 0.15) is 5.78 Å².